The Morgan fingerprint density at radius 1 is 0.958 bits per heavy atom. The lowest BCUT2D eigenvalue weighted by Crippen LogP contribution is -2.37. The van der Waals surface area contributed by atoms with E-state index < -0.39 is 0 Å². The predicted molar refractivity (Wildman–Crippen MR) is 100.0 cm³/mol. The van der Waals surface area contributed by atoms with Gasteiger partial charge in [-0.05, 0) is 31.6 Å². The molecule has 0 radical (unpaired) electrons. The lowest BCUT2D eigenvalue weighted by atomic mass is 9.93. The van der Waals surface area contributed by atoms with Crippen LogP contribution in [-0.2, 0) is 4.79 Å². The van der Waals surface area contributed by atoms with Gasteiger partial charge in [-0.15, -0.1) is 0 Å². The summed E-state index contributed by atoms with van der Waals surface area (Å²) in [7, 11) is 4.09. The Balaban J connectivity index is 2.06. The zero-order valence-electron chi connectivity index (χ0n) is 14.9. The Kier molecular flexibility index (Phi) is 7.01. The molecule has 3 nitrogen and oxygen atoms in total. The summed E-state index contributed by atoms with van der Waals surface area (Å²) in [6, 6.07) is 20.6. The first-order chi connectivity index (χ1) is 11.6. The van der Waals surface area contributed by atoms with E-state index >= 15 is 0 Å². The van der Waals surface area contributed by atoms with Crippen LogP contribution < -0.4 is 5.32 Å². The summed E-state index contributed by atoms with van der Waals surface area (Å²) >= 11 is 0. The molecule has 0 heterocycles. The van der Waals surface area contributed by atoms with Crippen LogP contribution >= 0.6 is 0 Å². The lowest BCUT2D eigenvalue weighted by molar-refractivity contribution is -0.123. The molecule has 2 aromatic carbocycles. The van der Waals surface area contributed by atoms with Crippen molar-refractivity contribution in [1.82, 2.24) is 10.2 Å². The summed E-state index contributed by atoms with van der Waals surface area (Å²) in [5.74, 6) is 0.0422. The van der Waals surface area contributed by atoms with Crippen LogP contribution in [0, 0.1) is 0 Å². The van der Waals surface area contributed by atoms with Crippen molar-refractivity contribution in [2.45, 2.75) is 31.7 Å². The normalized spacial score (nSPS) is 13.5. The van der Waals surface area contributed by atoms with Crippen LogP contribution in [0.4, 0.5) is 0 Å². The zero-order chi connectivity index (χ0) is 17.4. The third kappa shape index (κ3) is 4.93. The highest BCUT2D eigenvalue weighted by Crippen LogP contribution is 2.22. The maximum Gasteiger partial charge on any atom is 0.227 e. The van der Waals surface area contributed by atoms with Crippen LogP contribution in [-0.4, -0.2) is 31.4 Å². The minimum absolute atomic E-state index is 0.0743. The summed E-state index contributed by atoms with van der Waals surface area (Å²) in [6.45, 7) is 2.73. The van der Waals surface area contributed by atoms with E-state index in [9.17, 15) is 4.79 Å². The number of likely N-dealkylation sites (N-methyl/N-ethyl adjacent to an activating group) is 1. The van der Waals surface area contributed by atoms with Crippen molar-refractivity contribution in [3.8, 4) is 0 Å². The van der Waals surface area contributed by atoms with E-state index in [1.165, 1.54) is 5.56 Å². The minimum Gasteiger partial charge on any atom is -0.354 e. The molecule has 24 heavy (non-hydrogen) atoms. The molecule has 2 atom stereocenters. The summed E-state index contributed by atoms with van der Waals surface area (Å²) in [4.78, 5) is 14.9. The quantitative estimate of drug-likeness (QED) is 0.796. The molecule has 0 bridgehead atoms. The van der Waals surface area contributed by atoms with Crippen LogP contribution in [0.5, 0.6) is 0 Å². The van der Waals surface area contributed by atoms with Crippen LogP contribution in [0.15, 0.2) is 60.7 Å². The number of amides is 1. The molecule has 0 spiro atoms. The molecule has 2 rings (SSSR count). The number of nitrogens with zero attached hydrogens (tertiary/aromatic N) is 1. The number of hydrogen-bond donors (Lipinski definition) is 1. The first-order valence-corrected chi connectivity index (χ1v) is 8.67. The van der Waals surface area contributed by atoms with E-state index in [4.69, 9.17) is 0 Å². The van der Waals surface area contributed by atoms with Crippen LogP contribution in [0.3, 0.4) is 0 Å². The second-order valence-electron chi connectivity index (χ2n) is 6.39. The number of rotatable bonds is 8. The van der Waals surface area contributed by atoms with E-state index in [1.807, 2.05) is 62.6 Å². The van der Waals surface area contributed by atoms with Gasteiger partial charge in [0.25, 0.3) is 0 Å². The zero-order valence-corrected chi connectivity index (χ0v) is 14.9. The van der Waals surface area contributed by atoms with Gasteiger partial charge < -0.3 is 10.2 Å². The van der Waals surface area contributed by atoms with Crippen molar-refractivity contribution < 1.29 is 4.79 Å². The molecule has 3 heteroatoms. The van der Waals surface area contributed by atoms with Gasteiger partial charge in [0.2, 0.25) is 5.91 Å². The van der Waals surface area contributed by atoms with Crippen LogP contribution in [0.1, 0.15) is 42.9 Å². The second-order valence-corrected chi connectivity index (χ2v) is 6.39. The third-order valence-corrected chi connectivity index (χ3v) is 4.37. The molecule has 128 valence electrons. The van der Waals surface area contributed by atoms with Crippen LogP contribution in [0.2, 0.25) is 0 Å². The third-order valence-electron chi connectivity index (χ3n) is 4.37. The number of nitrogens with one attached hydrogen (secondary N) is 1. The van der Waals surface area contributed by atoms with E-state index in [0.29, 0.717) is 6.54 Å². The fraction of sp³-hybridized carbons (Fsp3) is 0.381. The predicted octanol–water partition coefficient (Wildman–Crippen LogP) is 3.99. The molecule has 0 unspecified atom stereocenters. The largest absolute Gasteiger partial charge is 0.354 e. The molecular formula is C21H28N2O. The van der Waals surface area contributed by atoms with Crippen molar-refractivity contribution in [3.05, 3.63) is 71.8 Å². The van der Waals surface area contributed by atoms with Gasteiger partial charge in [0, 0.05) is 6.54 Å². The molecule has 2 aromatic rings. The number of carbonyl (C=O) groups is 1. The Labute approximate surface area is 145 Å². The average molecular weight is 324 g/mol. The van der Waals surface area contributed by atoms with Gasteiger partial charge >= 0.3 is 0 Å². The maximum atomic E-state index is 12.8. The van der Waals surface area contributed by atoms with Gasteiger partial charge in [-0.2, -0.15) is 0 Å². The highest BCUT2D eigenvalue weighted by Gasteiger charge is 2.21. The number of benzene rings is 2. The molecule has 0 fully saturated rings. The first kappa shape index (κ1) is 18.2. The molecule has 1 N–H and O–H groups in total. The van der Waals surface area contributed by atoms with Crippen molar-refractivity contribution >= 4 is 5.91 Å². The summed E-state index contributed by atoms with van der Waals surface area (Å²) in [5.41, 5.74) is 2.31. The molecule has 0 aliphatic carbocycles. The smallest absolute Gasteiger partial charge is 0.227 e. The summed E-state index contributed by atoms with van der Waals surface area (Å²) < 4.78 is 0. The standard InChI is InChI=1S/C21H28N2O/c1-4-11-19(17-12-7-5-8-13-17)21(24)22-16-20(23(2)3)18-14-9-6-10-15-18/h5-10,12-15,19-20H,4,11,16H2,1-3H3,(H,22,24)/t19-,20-/m0/s1. The van der Waals surface area contributed by atoms with E-state index in [1.54, 1.807) is 0 Å². The number of carbonyl (C=O) groups excluding carboxylic acids is 1. The van der Waals surface area contributed by atoms with E-state index in [-0.39, 0.29) is 17.9 Å². The van der Waals surface area contributed by atoms with Crippen molar-refractivity contribution in [2.75, 3.05) is 20.6 Å². The second kappa shape index (κ2) is 9.24. The highest BCUT2D eigenvalue weighted by molar-refractivity contribution is 5.83. The Morgan fingerprint density at radius 2 is 1.50 bits per heavy atom. The van der Waals surface area contributed by atoms with Gasteiger partial charge in [-0.1, -0.05) is 74.0 Å². The van der Waals surface area contributed by atoms with E-state index in [2.05, 4.69) is 29.3 Å². The van der Waals surface area contributed by atoms with Gasteiger partial charge in [-0.3, -0.25) is 4.79 Å². The van der Waals surface area contributed by atoms with Gasteiger partial charge in [-0.25, -0.2) is 0 Å². The van der Waals surface area contributed by atoms with Crippen molar-refractivity contribution in [3.63, 3.8) is 0 Å². The lowest BCUT2D eigenvalue weighted by Gasteiger charge is -2.26. The maximum absolute atomic E-state index is 12.8. The fourth-order valence-corrected chi connectivity index (χ4v) is 3.02. The Hall–Kier alpha value is -2.13. The van der Waals surface area contributed by atoms with Crippen molar-refractivity contribution in [1.29, 1.82) is 0 Å². The topological polar surface area (TPSA) is 32.3 Å². The highest BCUT2D eigenvalue weighted by atomic mass is 16.1. The summed E-state index contributed by atoms with van der Waals surface area (Å²) in [5, 5.41) is 3.17. The van der Waals surface area contributed by atoms with Gasteiger partial charge in [0.1, 0.15) is 0 Å². The Bertz CT molecular complexity index is 610. The monoisotopic (exact) mass is 324 g/mol. The molecule has 0 saturated carbocycles. The Morgan fingerprint density at radius 3 is 2.00 bits per heavy atom. The molecule has 1 amide bonds. The van der Waals surface area contributed by atoms with Crippen molar-refractivity contribution in [2.24, 2.45) is 0 Å². The SMILES string of the molecule is CCC[C@H](C(=O)NC[C@@H](c1ccccc1)N(C)C)c1ccccc1. The van der Waals surface area contributed by atoms with Crippen LogP contribution in [0.25, 0.3) is 0 Å². The fourth-order valence-electron chi connectivity index (χ4n) is 3.02. The minimum atomic E-state index is -0.0743. The molecule has 0 aliphatic heterocycles. The van der Waals surface area contributed by atoms with E-state index in [0.717, 1.165) is 18.4 Å². The first-order valence-electron chi connectivity index (χ1n) is 8.67. The molecular weight excluding hydrogens is 296 g/mol. The molecule has 0 saturated heterocycles. The number of hydrogen-bond acceptors (Lipinski definition) is 2. The molecule has 0 aliphatic rings. The van der Waals surface area contributed by atoms with Gasteiger partial charge in [0.05, 0.1) is 12.0 Å². The average Bonchev–Trinajstić information content (AvgIpc) is 2.61. The molecule has 0 aromatic heterocycles. The van der Waals surface area contributed by atoms with Gasteiger partial charge in [0.15, 0.2) is 0 Å². The summed E-state index contributed by atoms with van der Waals surface area (Å²) in [6.07, 6.45) is 1.86.